The summed E-state index contributed by atoms with van der Waals surface area (Å²) < 4.78 is 0. The number of carboxylic acids is 1. The largest absolute Gasteiger partial charge is 0.511 e. The molecule has 34 heavy (non-hydrogen) atoms. The molecule has 0 radical (unpaired) electrons. The second-order valence-electron chi connectivity index (χ2n) is 8.33. The molecule has 1 saturated carbocycles. The number of imide groups is 1. The number of allylic oxidation sites excluding steroid dienone is 2. The number of aliphatic carboxylic acids is 1. The van der Waals surface area contributed by atoms with Crippen LogP contribution in [-0.2, 0) is 9.59 Å². The minimum absolute atomic E-state index is 0.0517. The maximum absolute atomic E-state index is 13.0. The van der Waals surface area contributed by atoms with E-state index in [-0.39, 0.29) is 66.4 Å². The molecule has 1 atom stereocenters. The van der Waals surface area contributed by atoms with E-state index in [0.29, 0.717) is 17.5 Å². The summed E-state index contributed by atoms with van der Waals surface area (Å²) in [6, 6.07) is 16.0. The van der Waals surface area contributed by atoms with E-state index in [1.165, 1.54) is 0 Å². The van der Waals surface area contributed by atoms with E-state index in [1.807, 2.05) is 30.3 Å². The molecule has 1 fully saturated rings. The summed E-state index contributed by atoms with van der Waals surface area (Å²) in [5.74, 6) is -2.55. The number of fused-ring (bicyclic) bond motifs is 1. The van der Waals surface area contributed by atoms with E-state index in [4.69, 9.17) is 5.11 Å². The molecule has 2 N–H and O–H groups in total. The van der Waals surface area contributed by atoms with Crippen LogP contribution < -0.4 is 0 Å². The Morgan fingerprint density at radius 3 is 2.15 bits per heavy atom. The van der Waals surface area contributed by atoms with Crippen molar-refractivity contribution in [3.63, 3.8) is 0 Å². The molecule has 0 unspecified atom stereocenters. The second-order valence-corrected chi connectivity index (χ2v) is 8.33. The first-order valence-electron chi connectivity index (χ1n) is 11.1. The van der Waals surface area contributed by atoms with Crippen LogP contribution >= 0.6 is 0 Å². The van der Waals surface area contributed by atoms with Gasteiger partial charge < -0.3 is 10.2 Å². The van der Waals surface area contributed by atoms with E-state index in [0.717, 1.165) is 10.5 Å². The van der Waals surface area contributed by atoms with Gasteiger partial charge in [-0.05, 0) is 36.5 Å². The second kappa shape index (κ2) is 9.82. The molecule has 1 heterocycles. The van der Waals surface area contributed by atoms with Gasteiger partial charge in [0.25, 0.3) is 11.8 Å². The Balaban J connectivity index is 1.49. The molecule has 2 aromatic carbocycles. The molecule has 8 heteroatoms. The standard InChI is InChI=1S/C26H24N2O6/c29-21(11-6-12-28-25(33)18-9-4-5-10-19(18)26(28)34)24-20(27-15-23(31)32)13-17(14-22(24)30)16-7-2-1-3-8-16/h1-5,7-10,17,29H,6,11-15H2,(H,31,32)/t17-/m1/s1. The molecule has 4 rings (SSSR count). The van der Waals surface area contributed by atoms with E-state index >= 15 is 0 Å². The third kappa shape index (κ3) is 4.66. The van der Waals surface area contributed by atoms with Crippen molar-refractivity contribution in [2.75, 3.05) is 13.1 Å². The van der Waals surface area contributed by atoms with Crippen molar-refractivity contribution < 1.29 is 29.4 Å². The number of amides is 2. The smallest absolute Gasteiger partial charge is 0.325 e. The molecule has 1 aliphatic heterocycles. The summed E-state index contributed by atoms with van der Waals surface area (Å²) in [7, 11) is 0. The summed E-state index contributed by atoms with van der Waals surface area (Å²) in [5, 5.41) is 19.8. The summed E-state index contributed by atoms with van der Waals surface area (Å²) in [4.78, 5) is 54.3. The average molecular weight is 460 g/mol. The maximum atomic E-state index is 13.0. The number of aliphatic imine (C=N–C) groups is 1. The van der Waals surface area contributed by atoms with Crippen LogP contribution in [0.25, 0.3) is 0 Å². The van der Waals surface area contributed by atoms with Gasteiger partial charge in [-0.15, -0.1) is 0 Å². The van der Waals surface area contributed by atoms with Crippen LogP contribution in [0.3, 0.4) is 0 Å². The van der Waals surface area contributed by atoms with Gasteiger partial charge in [-0.25, -0.2) is 0 Å². The third-order valence-corrected chi connectivity index (χ3v) is 6.08. The van der Waals surface area contributed by atoms with Crippen LogP contribution in [0.4, 0.5) is 0 Å². The average Bonchev–Trinajstić information content (AvgIpc) is 3.08. The highest BCUT2D eigenvalue weighted by molar-refractivity contribution is 6.25. The van der Waals surface area contributed by atoms with Crippen LogP contribution in [0, 0.1) is 0 Å². The molecular weight excluding hydrogens is 436 g/mol. The van der Waals surface area contributed by atoms with Gasteiger partial charge in [0.1, 0.15) is 12.3 Å². The first-order valence-corrected chi connectivity index (χ1v) is 11.1. The fourth-order valence-corrected chi connectivity index (χ4v) is 4.46. The Bertz CT molecular complexity index is 1180. The van der Waals surface area contributed by atoms with Crippen LogP contribution in [0.5, 0.6) is 0 Å². The number of aliphatic hydroxyl groups is 1. The fourth-order valence-electron chi connectivity index (χ4n) is 4.46. The van der Waals surface area contributed by atoms with Crippen LogP contribution in [0.15, 0.2) is 70.9 Å². The van der Waals surface area contributed by atoms with Crippen LogP contribution in [-0.4, -0.2) is 57.5 Å². The van der Waals surface area contributed by atoms with Gasteiger partial charge in [-0.3, -0.25) is 29.1 Å². The Hall–Kier alpha value is -4.07. The zero-order valence-corrected chi connectivity index (χ0v) is 18.4. The third-order valence-electron chi connectivity index (χ3n) is 6.08. The molecule has 0 bridgehead atoms. The zero-order chi connectivity index (χ0) is 24.2. The minimum Gasteiger partial charge on any atom is -0.511 e. The number of rotatable bonds is 7. The molecule has 174 valence electrons. The van der Waals surface area contributed by atoms with Gasteiger partial charge in [0, 0.05) is 19.4 Å². The maximum Gasteiger partial charge on any atom is 0.325 e. The van der Waals surface area contributed by atoms with Crippen molar-refractivity contribution in [3.05, 3.63) is 82.6 Å². The number of aliphatic hydroxyl groups excluding tert-OH is 1. The van der Waals surface area contributed by atoms with E-state index < -0.39 is 12.5 Å². The molecule has 2 aromatic rings. The Morgan fingerprint density at radius 2 is 1.53 bits per heavy atom. The molecule has 0 aromatic heterocycles. The lowest BCUT2D eigenvalue weighted by molar-refractivity contribution is -0.135. The predicted octanol–water partition coefficient (Wildman–Crippen LogP) is 3.55. The first kappa shape index (κ1) is 23.1. The van der Waals surface area contributed by atoms with Crippen LogP contribution in [0.1, 0.15) is 57.9 Å². The van der Waals surface area contributed by atoms with Crippen molar-refractivity contribution in [3.8, 4) is 0 Å². The van der Waals surface area contributed by atoms with Crippen molar-refractivity contribution in [1.82, 2.24) is 4.90 Å². The number of nitrogens with zero attached hydrogens (tertiary/aromatic N) is 2. The lowest BCUT2D eigenvalue weighted by Gasteiger charge is -2.26. The number of ketones is 1. The highest BCUT2D eigenvalue weighted by atomic mass is 16.4. The number of carbonyl (C=O) groups excluding carboxylic acids is 3. The molecule has 2 amide bonds. The molecule has 0 spiro atoms. The Labute approximate surface area is 196 Å². The first-order chi connectivity index (χ1) is 16.4. The number of carboxylic acid groups (broad SMARTS) is 1. The molecule has 8 nitrogen and oxygen atoms in total. The monoisotopic (exact) mass is 460 g/mol. The zero-order valence-electron chi connectivity index (χ0n) is 18.4. The number of carbonyl (C=O) groups is 4. The summed E-state index contributed by atoms with van der Waals surface area (Å²) in [5.41, 5.74) is 1.98. The highest BCUT2D eigenvalue weighted by Crippen LogP contribution is 2.34. The minimum atomic E-state index is -1.13. The van der Waals surface area contributed by atoms with Crippen molar-refractivity contribution in [2.45, 2.75) is 31.6 Å². The predicted molar refractivity (Wildman–Crippen MR) is 124 cm³/mol. The van der Waals surface area contributed by atoms with Gasteiger partial charge in [-0.2, -0.15) is 0 Å². The van der Waals surface area contributed by atoms with Crippen molar-refractivity contribution in [1.29, 1.82) is 0 Å². The number of hydrogen-bond donors (Lipinski definition) is 2. The number of hydrogen-bond acceptors (Lipinski definition) is 6. The van der Waals surface area contributed by atoms with E-state index in [9.17, 15) is 24.3 Å². The molecular formula is C26H24N2O6. The lowest BCUT2D eigenvalue weighted by Crippen LogP contribution is -2.31. The number of benzene rings is 2. The molecule has 0 saturated heterocycles. The summed E-state index contributed by atoms with van der Waals surface area (Å²) in [6.07, 6.45) is 0.813. The van der Waals surface area contributed by atoms with E-state index in [2.05, 4.69) is 4.99 Å². The van der Waals surface area contributed by atoms with Crippen molar-refractivity contribution in [2.24, 2.45) is 4.99 Å². The Morgan fingerprint density at radius 1 is 0.912 bits per heavy atom. The highest BCUT2D eigenvalue weighted by Gasteiger charge is 2.35. The quantitative estimate of drug-likeness (QED) is 0.370. The molecule has 2 aliphatic rings. The summed E-state index contributed by atoms with van der Waals surface area (Å²) in [6.45, 7) is -0.415. The van der Waals surface area contributed by atoms with Crippen LogP contribution in [0.2, 0.25) is 0 Å². The van der Waals surface area contributed by atoms with Gasteiger partial charge >= 0.3 is 5.97 Å². The van der Waals surface area contributed by atoms with Gasteiger partial charge in [-0.1, -0.05) is 42.5 Å². The van der Waals surface area contributed by atoms with Crippen molar-refractivity contribution >= 4 is 29.3 Å². The van der Waals surface area contributed by atoms with Gasteiger partial charge in [0.15, 0.2) is 5.78 Å². The topological polar surface area (TPSA) is 124 Å². The number of Topliss-reactive ketones (excluding diaryl/α,β-unsaturated/α-hetero) is 1. The fraction of sp³-hybridized carbons (Fsp3) is 0.269. The lowest BCUT2D eigenvalue weighted by atomic mass is 9.78. The van der Waals surface area contributed by atoms with Gasteiger partial charge in [0.05, 0.1) is 22.4 Å². The Kier molecular flexibility index (Phi) is 6.67. The van der Waals surface area contributed by atoms with E-state index in [1.54, 1.807) is 24.3 Å². The molecule has 1 aliphatic carbocycles. The SMILES string of the molecule is O=C(O)CN=C1C[C@@H](c2ccccc2)CC(=O)C1=C(O)CCCN1C(=O)c2ccccc2C1=O. The normalized spacial score (nSPS) is 20.6. The summed E-state index contributed by atoms with van der Waals surface area (Å²) >= 11 is 0. The van der Waals surface area contributed by atoms with Gasteiger partial charge in [0.2, 0.25) is 0 Å².